The number of aromatic amines is 1. The summed E-state index contributed by atoms with van der Waals surface area (Å²) >= 11 is 0. The molecule has 0 spiro atoms. The molecule has 5 amide bonds. The minimum Gasteiger partial charge on any atom is -0.465 e. The molecule has 0 saturated carbocycles. The minimum absolute atomic E-state index is 0.00152. The molecule has 0 aliphatic carbocycles. The van der Waals surface area contributed by atoms with E-state index in [1.54, 1.807) is 60.7 Å². The number of nitrogens with one attached hydrogen (secondary N) is 5. The van der Waals surface area contributed by atoms with Gasteiger partial charge in [-0.25, -0.2) is 4.79 Å². The van der Waals surface area contributed by atoms with Crippen LogP contribution in [0.4, 0.5) is 35.9 Å². The molecule has 0 atom stereocenters. The fourth-order valence-corrected chi connectivity index (χ4v) is 9.64. The number of aryl methyl sites for hydroxylation is 4. The van der Waals surface area contributed by atoms with Crippen LogP contribution < -0.4 is 27.0 Å². The molecule has 9 rings (SSSR count). The average Bonchev–Trinajstić information content (AvgIpc) is 2.25. The highest BCUT2D eigenvalue weighted by atomic mass is 19.4. The molecule has 504 valence electrons. The van der Waals surface area contributed by atoms with Crippen molar-refractivity contribution in [1.29, 1.82) is 0 Å². The second-order valence-corrected chi connectivity index (χ2v) is 26.4. The van der Waals surface area contributed by atoms with Crippen LogP contribution in [-0.4, -0.2) is 52.7 Å². The number of H-pyrrole nitrogens is 1. The molecule has 1 aromatic heterocycles. The zero-order valence-electron chi connectivity index (χ0n) is 56.4. The number of hydrogen-bond donors (Lipinski definition) is 7. The summed E-state index contributed by atoms with van der Waals surface area (Å²) in [5.41, 5.74) is 18.3. The molecule has 96 heavy (non-hydrogen) atoms. The van der Waals surface area contributed by atoms with Gasteiger partial charge in [-0.15, -0.1) is 0 Å². The van der Waals surface area contributed by atoms with Crippen molar-refractivity contribution in [1.82, 2.24) is 4.98 Å². The number of aromatic nitrogens is 1. The molecule has 0 radical (unpaired) electrons. The van der Waals surface area contributed by atoms with Gasteiger partial charge in [0, 0.05) is 65.7 Å². The predicted octanol–water partition coefficient (Wildman–Crippen LogP) is 16.8. The van der Waals surface area contributed by atoms with E-state index in [1.807, 2.05) is 42.6 Å². The fourth-order valence-electron chi connectivity index (χ4n) is 9.64. The third-order valence-corrected chi connectivity index (χ3v) is 15.6. The van der Waals surface area contributed by atoms with E-state index in [9.17, 15) is 41.9 Å². The second kappa shape index (κ2) is 34.9. The number of carbonyl (C=O) groups is 6. The molecule has 1 heterocycles. The summed E-state index contributed by atoms with van der Waals surface area (Å²) in [7, 11) is 1.34. The first-order valence-corrected chi connectivity index (χ1v) is 31.8. The van der Waals surface area contributed by atoms with Crippen molar-refractivity contribution in [2.24, 2.45) is 5.73 Å². The number of esters is 1. The molecule has 0 unspecified atom stereocenters. The molecule has 8 N–H and O–H groups in total. The monoisotopic (exact) mass is 1310 g/mol. The quantitative estimate of drug-likeness (QED) is 0.0385. The van der Waals surface area contributed by atoms with Crippen LogP contribution in [0.1, 0.15) is 159 Å². The van der Waals surface area contributed by atoms with Crippen molar-refractivity contribution in [3.63, 3.8) is 0 Å². The number of amides is 5. The number of nitrogens with two attached hydrogens (primary N) is 1. The van der Waals surface area contributed by atoms with Crippen molar-refractivity contribution in [3.8, 4) is 0 Å². The van der Waals surface area contributed by atoms with E-state index in [4.69, 9.17) is 10.8 Å². The lowest BCUT2D eigenvalue weighted by atomic mass is 9.86. The summed E-state index contributed by atoms with van der Waals surface area (Å²) in [5, 5.41) is 21.4. The lowest BCUT2D eigenvalue weighted by molar-refractivity contribution is -0.137. The Balaban J connectivity index is 0.000000202. The standard InChI is InChI=1S/C21H25NO3.C20H24N2O2.C20H25NO2.C18H15F3N2O/c1-21(2,3)17-10-5-15(6-11-17)7-14-19(23)22-18-12-8-16(9-13-18)20(24)25-4;1-20(2,3)16-9-4-14(5-10-16)6-13-18(23)22-17-11-7-15(8-12-17)19(21)24;1-20(2,3)17-9-4-15(5-10-17)8-13-19(23)21-18-11-6-16(14-22)7-12-18;19-18(20,21)14-5-1-12(2-6-14)3-8-17(24)23-15-7-4-13-9-10-22-16(13)11-15/h5-6,8-13H,7,14H2,1-4H3,(H,22,23);4-5,7-12H,6,13H2,1-3H3,(H2,21,24)(H,22,23);4-7,9-12,22H,8,13-14H2,1-3H3,(H,21,23);1-2,4-7,9-11,22H,3,8H2,(H,23,24). The molecule has 9 aromatic rings. The van der Waals surface area contributed by atoms with Crippen molar-refractivity contribution < 1.29 is 51.8 Å². The Hall–Kier alpha value is -10.1. The van der Waals surface area contributed by atoms with Gasteiger partial charge in [0.2, 0.25) is 29.5 Å². The van der Waals surface area contributed by atoms with E-state index in [0.29, 0.717) is 72.3 Å². The largest absolute Gasteiger partial charge is 0.465 e. The molecule has 0 fully saturated rings. The highest BCUT2D eigenvalue weighted by molar-refractivity contribution is 5.96. The third kappa shape index (κ3) is 25.3. The summed E-state index contributed by atoms with van der Waals surface area (Å²) < 4.78 is 42.1. The lowest BCUT2D eigenvalue weighted by Crippen LogP contribution is -2.14. The van der Waals surface area contributed by atoms with E-state index in [0.717, 1.165) is 51.8 Å². The van der Waals surface area contributed by atoms with Crippen molar-refractivity contribution in [2.45, 2.75) is 143 Å². The number of aliphatic hydroxyl groups excluding tert-OH is 1. The number of alkyl halides is 3. The molecular formula is C79H89F3N6O8. The molecule has 17 heteroatoms. The number of anilines is 4. The van der Waals surface area contributed by atoms with Gasteiger partial charge in [-0.3, -0.25) is 24.0 Å². The van der Waals surface area contributed by atoms with Gasteiger partial charge in [0.15, 0.2) is 0 Å². The van der Waals surface area contributed by atoms with Crippen LogP contribution in [0.2, 0.25) is 0 Å². The fraction of sp³-hybridized carbons (Fsp3) is 0.291. The number of fused-ring (bicyclic) bond motifs is 1. The highest BCUT2D eigenvalue weighted by Gasteiger charge is 2.30. The number of aliphatic hydroxyl groups is 1. The van der Waals surface area contributed by atoms with Crippen molar-refractivity contribution in [3.05, 3.63) is 262 Å². The molecule has 0 aliphatic heterocycles. The Morgan fingerprint density at radius 1 is 0.406 bits per heavy atom. The number of methoxy groups -OCH3 is 1. The van der Waals surface area contributed by atoms with E-state index < -0.39 is 23.6 Å². The number of hydrogen-bond acceptors (Lipinski definition) is 8. The summed E-state index contributed by atoms with van der Waals surface area (Å²) in [5.74, 6) is -1.15. The number of benzene rings is 8. The molecule has 8 aromatic carbocycles. The third-order valence-electron chi connectivity index (χ3n) is 15.6. The van der Waals surface area contributed by atoms with Gasteiger partial charge in [-0.2, -0.15) is 13.2 Å². The average molecular weight is 1310 g/mol. The molecule has 0 saturated heterocycles. The summed E-state index contributed by atoms with van der Waals surface area (Å²) in [4.78, 5) is 73.6. The van der Waals surface area contributed by atoms with Gasteiger partial charge < -0.3 is 41.8 Å². The van der Waals surface area contributed by atoms with Crippen LogP contribution in [0.5, 0.6) is 0 Å². The van der Waals surface area contributed by atoms with Crippen LogP contribution >= 0.6 is 0 Å². The highest BCUT2D eigenvalue weighted by Crippen LogP contribution is 2.30. The van der Waals surface area contributed by atoms with Gasteiger partial charge in [0.25, 0.3) is 0 Å². The molecule has 14 nitrogen and oxygen atoms in total. The Morgan fingerprint density at radius 2 is 0.708 bits per heavy atom. The number of primary amides is 1. The Bertz CT molecular complexity index is 3980. The summed E-state index contributed by atoms with van der Waals surface area (Å²) in [6.07, 6.45) is 1.45. The maximum atomic E-state index is 12.5. The zero-order chi connectivity index (χ0) is 70.2. The van der Waals surface area contributed by atoms with E-state index in [-0.39, 0.29) is 52.9 Å². The van der Waals surface area contributed by atoms with E-state index in [2.05, 4.69) is 166 Å². The van der Waals surface area contributed by atoms with Crippen molar-refractivity contribution in [2.75, 3.05) is 28.4 Å². The van der Waals surface area contributed by atoms with Gasteiger partial charge in [0.05, 0.1) is 24.8 Å². The molecular weight excluding hydrogens is 1220 g/mol. The van der Waals surface area contributed by atoms with Gasteiger partial charge in [-0.05, 0) is 183 Å². The van der Waals surface area contributed by atoms with Crippen LogP contribution in [0, 0.1) is 0 Å². The maximum absolute atomic E-state index is 12.5. The molecule has 0 aliphatic rings. The number of ether oxygens (including phenoxy) is 1. The smallest absolute Gasteiger partial charge is 0.416 e. The predicted molar refractivity (Wildman–Crippen MR) is 378 cm³/mol. The Morgan fingerprint density at radius 3 is 1.02 bits per heavy atom. The van der Waals surface area contributed by atoms with Crippen LogP contribution in [0.3, 0.4) is 0 Å². The van der Waals surface area contributed by atoms with Gasteiger partial charge in [-0.1, -0.05) is 165 Å². The summed E-state index contributed by atoms with van der Waals surface area (Å²) in [6.45, 7) is 19.7. The first kappa shape index (κ1) is 74.9. The first-order chi connectivity index (χ1) is 45.3. The number of halogens is 3. The topological polar surface area (TPSA) is 222 Å². The zero-order valence-corrected chi connectivity index (χ0v) is 56.4. The SMILES string of the molecule is CC(C)(C)c1ccc(CCC(=O)Nc2ccc(C(N)=O)cc2)cc1.CC(C)(C)c1ccc(CCC(=O)Nc2ccc(CO)cc2)cc1.COC(=O)c1ccc(NC(=O)CCc2ccc(C(C)(C)C)cc2)cc1.O=C(CCc1ccc(C(F)(F)F)cc1)Nc1ccc2cc[nH]c2c1. The number of rotatable bonds is 19. The number of carbonyl (C=O) groups excluding carboxylic acids is 6. The van der Waals surface area contributed by atoms with E-state index >= 15 is 0 Å². The van der Waals surface area contributed by atoms with E-state index in [1.165, 1.54) is 41.5 Å². The minimum atomic E-state index is -4.34. The maximum Gasteiger partial charge on any atom is 0.416 e. The summed E-state index contributed by atoms with van der Waals surface area (Å²) in [6, 6.07) is 58.1. The first-order valence-electron chi connectivity index (χ1n) is 31.8. The lowest BCUT2D eigenvalue weighted by Gasteiger charge is -2.19. The van der Waals surface area contributed by atoms with Crippen LogP contribution in [0.15, 0.2) is 200 Å². The van der Waals surface area contributed by atoms with Crippen molar-refractivity contribution >= 4 is 69.2 Å². The Kier molecular flexibility index (Phi) is 27.2. The van der Waals surface area contributed by atoms with Crippen LogP contribution in [-0.2, 0) is 78.6 Å². The second-order valence-electron chi connectivity index (χ2n) is 26.4. The van der Waals surface area contributed by atoms with Crippen LogP contribution in [0.25, 0.3) is 10.9 Å². The normalized spacial score (nSPS) is 11.3. The van der Waals surface area contributed by atoms with Gasteiger partial charge >= 0.3 is 12.1 Å². The van der Waals surface area contributed by atoms with Gasteiger partial charge in [0.1, 0.15) is 0 Å². The molecule has 0 bridgehead atoms. The Labute approximate surface area is 561 Å².